The lowest BCUT2D eigenvalue weighted by molar-refractivity contribution is 0.477. The van der Waals surface area contributed by atoms with Crippen LogP contribution in [0.25, 0.3) is 0 Å². The van der Waals surface area contributed by atoms with E-state index < -0.39 is 0 Å². The number of nitrogens with one attached hydrogen (secondary N) is 1. The van der Waals surface area contributed by atoms with Crippen LogP contribution in [-0.4, -0.2) is 6.54 Å². The third-order valence-electron chi connectivity index (χ3n) is 2.98. The van der Waals surface area contributed by atoms with Crippen molar-refractivity contribution in [3.8, 4) is 17.6 Å². The van der Waals surface area contributed by atoms with E-state index >= 15 is 0 Å². The van der Waals surface area contributed by atoms with Crippen molar-refractivity contribution in [2.75, 3.05) is 6.54 Å². The van der Waals surface area contributed by atoms with Crippen LogP contribution in [0, 0.1) is 11.3 Å². The minimum atomic E-state index is 0.543. The van der Waals surface area contributed by atoms with Gasteiger partial charge in [-0.1, -0.05) is 25.1 Å². The molecule has 0 bridgehead atoms. The van der Waals surface area contributed by atoms with Crippen LogP contribution in [-0.2, 0) is 6.54 Å². The molecule has 0 aliphatic rings. The lowest BCUT2D eigenvalue weighted by Crippen LogP contribution is -2.13. The number of nitrogens with zero attached hydrogens (tertiary/aromatic N) is 1. The van der Waals surface area contributed by atoms with Gasteiger partial charge in [-0.25, -0.2) is 0 Å². The van der Waals surface area contributed by atoms with Crippen LogP contribution in [0.15, 0.2) is 46.9 Å². The molecule has 0 amide bonds. The van der Waals surface area contributed by atoms with Gasteiger partial charge >= 0.3 is 0 Å². The molecule has 2 aromatic carbocycles. The average molecular weight is 345 g/mol. The molecule has 3 nitrogen and oxygen atoms in total. The molecule has 2 aromatic rings. The molecule has 0 aliphatic carbocycles. The van der Waals surface area contributed by atoms with Crippen LogP contribution in [0.5, 0.6) is 11.5 Å². The first-order chi connectivity index (χ1) is 10.2. The maximum absolute atomic E-state index is 9.30. The Balaban J connectivity index is 2.17. The molecule has 0 aliphatic heterocycles. The molecule has 2 rings (SSSR count). The molecular formula is C17H17BrN2O. The second kappa shape index (κ2) is 7.82. The average Bonchev–Trinajstić information content (AvgIpc) is 2.51. The molecule has 0 radical (unpaired) electrons. The molecular weight excluding hydrogens is 328 g/mol. The number of halogens is 1. The predicted molar refractivity (Wildman–Crippen MR) is 87.4 cm³/mol. The summed E-state index contributed by atoms with van der Waals surface area (Å²) >= 11 is 3.44. The Kier molecular flexibility index (Phi) is 5.79. The molecule has 0 heterocycles. The predicted octanol–water partition coefficient (Wildman–Crippen LogP) is 4.61. The van der Waals surface area contributed by atoms with Crippen molar-refractivity contribution in [3.63, 3.8) is 0 Å². The van der Waals surface area contributed by atoms with Gasteiger partial charge in [0.1, 0.15) is 17.6 Å². The SMILES string of the molecule is CCCNCc1ccc(Oc2ccccc2Br)c(C#N)c1. The lowest BCUT2D eigenvalue weighted by atomic mass is 10.1. The van der Waals surface area contributed by atoms with Crippen molar-refractivity contribution >= 4 is 15.9 Å². The van der Waals surface area contributed by atoms with Crippen LogP contribution >= 0.6 is 15.9 Å². The van der Waals surface area contributed by atoms with E-state index in [9.17, 15) is 5.26 Å². The molecule has 0 fully saturated rings. The molecule has 4 heteroatoms. The summed E-state index contributed by atoms with van der Waals surface area (Å²) in [5.74, 6) is 1.27. The van der Waals surface area contributed by atoms with E-state index in [4.69, 9.17) is 4.74 Å². The Bertz CT molecular complexity index is 649. The van der Waals surface area contributed by atoms with E-state index in [1.807, 2.05) is 42.5 Å². The van der Waals surface area contributed by atoms with E-state index in [1.54, 1.807) is 0 Å². The van der Waals surface area contributed by atoms with E-state index in [0.717, 1.165) is 29.5 Å². The highest BCUT2D eigenvalue weighted by Gasteiger charge is 2.08. The van der Waals surface area contributed by atoms with Crippen molar-refractivity contribution in [2.24, 2.45) is 0 Å². The standard InChI is InChI=1S/C17H17BrN2O/c1-2-9-20-12-13-7-8-16(14(10-13)11-19)21-17-6-4-3-5-15(17)18/h3-8,10,20H,2,9,12H2,1H3. The Hall–Kier alpha value is -1.83. The Morgan fingerprint density at radius 1 is 1.19 bits per heavy atom. The molecule has 0 saturated heterocycles. The second-order valence-corrected chi connectivity index (χ2v) is 5.51. The van der Waals surface area contributed by atoms with Crippen LogP contribution in [0.3, 0.4) is 0 Å². The van der Waals surface area contributed by atoms with Gasteiger partial charge in [-0.05, 0) is 58.7 Å². The molecule has 108 valence electrons. The third-order valence-corrected chi connectivity index (χ3v) is 3.63. The number of benzene rings is 2. The number of para-hydroxylation sites is 1. The summed E-state index contributed by atoms with van der Waals surface area (Å²) in [6, 6.07) is 15.5. The normalized spacial score (nSPS) is 10.1. The van der Waals surface area contributed by atoms with Gasteiger partial charge in [-0.2, -0.15) is 5.26 Å². The Morgan fingerprint density at radius 3 is 2.71 bits per heavy atom. The number of ether oxygens (including phenoxy) is 1. The van der Waals surface area contributed by atoms with Gasteiger partial charge in [0.05, 0.1) is 10.0 Å². The third kappa shape index (κ3) is 4.32. The maximum Gasteiger partial charge on any atom is 0.145 e. The summed E-state index contributed by atoms with van der Waals surface area (Å²) in [5, 5.41) is 12.6. The van der Waals surface area contributed by atoms with E-state index in [2.05, 4.69) is 34.2 Å². The summed E-state index contributed by atoms with van der Waals surface area (Å²) in [4.78, 5) is 0. The summed E-state index contributed by atoms with van der Waals surface area (Å²) < 4.78 is 6.69. The minimum Gasteiger partial charge on any atom is -0.455 e. The molecule has 0 aromatic heterocycles. The molecule has 0 spiro atoms. The van der Waals surface area contributed by atoms with Crippen LogP contribution < -0.4 is 10.1 Å². The van der Waals surface area contributed by atoms with Gasteiger partial charge in [0.15, 0.2) is 0 Å². The highest BCUT2D eigenvalue weighted by molar-refractivity contribution is 9.10. The van der Waals surface area contributed by atoms with Gasteiger partial charge in [0.2, 0.25) is 0 Å². The van der Waals surface area contributed by atoms with Gasteiger partial charge in [0, 0.05) is 6.54 Å². The quantitative estimate of drug-likeness (QED) is 0.778. The van der Waals surface area contributed by atoms with E-state index in [0.29, 0.717) is 17.1 Å². The van der Waals surface area contributed by atoms with Gasteiger partial charge in [0.25, 0.3) is 0 Å². The Morgan fingerprint density at radius 2 is 2.00 bits per heavy atom. The number of hydrogen-bond acceptors (Lipinski definition) is 3. The molecule has 1 N–H and O–H groups in total. The van der Waals surface area contributed by atoms with Crippen molar-refractivity contribution in [3.05, 3.63) is 58.1 Å². The fourth-order valence-corrected chi connectivity index (χ4v) is 2.28. The molecule has 0 atom stereocenters. The van der Waals surface area contributed by atoms with Crippen molar-refractivity contribution in [2.45, 2.75) is 19.9 Å². The van der Waals surface area contributed by atoms with E-state index in [-0.39, 0.29) is 0 Å². The highest BCUT2D eigenvalue weighted by Crippen LogP contribution is 2.31. The fraction of sp³-hybridized carbons (Fsp3) is 0.235. The number of rotatable bonds is 6. The summed E-state index contributed by atoms with van der Waals surface area (Å²) in [6.07, 6.45) is 1.09. The Labute approximate surface area is 133 Å². The highest BCUT2D eigenvalue weighted by atomic mass is 79.9. The van der Waals surface area contributed by atoms with Gasteiger partial charge in [-0.3, -0.25) is 0 Å². The molecule has 0 saturated carbocycles. The maximum atomic E-state index is 9.30. The summed E-state index contributed by atoms with van der Waals surface area (Å²) in [5.41, 5.74) is 1.63. The summed E-state index contributed by atoms with van der Waals surface area (Å²) in [6.45, 7) is 3.86. The van der Waals surface area contributed by atoms with Crippen LogP contribution in [0.2, 0.25) is 0 Å². The second-order valence-electron chi connectivity index (χ2n) is 4.65. The minimum absolute atomic E-state index is 0.543. The zero-order valence-electron chi connectivity index (χ0n) is 11.9. The van der Waals surface area contributed by atoms with Crippen molar-refractivity contribution in [1.82, 2.24) is 5.32 Å². The first-order valence-electron chi connectivity index (χ1n) is 6.90. The van der Waals surface area contributed by atoms with Crippen molar-refractivity contribution < 1.29 is 4.74 Å². The van der Waals surface area contributed by atoms with Crippen molar-refractivity contribution in [1.29, 1.82) is 5.26 Å². The lowest BCUT2D eigenvalue weighted by Gasteiger charge is -2.10. The first-order valence-corrected chi connectivity index (χ1v) is 7.70. The van der Waals surface area contributed by atoms with Gasteiger partial charge in [-0.15, -0.1) is 0 Å². The zero-order valence-corrected chi connectivity index (χ0v) is 13.5. The largest absolute Gasteiger partial charge is 0.455 e. The van der Waals surface area contributed by atoms with Gasteiger partial charge < -0.3 is 10.1 Å². The molecule has 21 heavy (non-hydrogen) atoms. The van der Waals surface area contributed by atoms with E-state index in [1.165, 1.54) is 0 Å². The number of hydrogen-bond donors (Lipinski definition) is 1. The topological polar surface area (TPSA) is 45.0 Å². The summed E-state index contributed by atoms with van der Waals surface area (Å²) in [7, 11) is 0. The zero-order chi connectivity index (χ0) is 15.1. The smallest absolute Gasteiger partial charge is 0.145 e. The van der Waals surface area contributed by atoms with Crippen LogP contribution in [0.4, 0.5) is 0 Å². The monoisotopic (exact) mass is 344 g/mol. The molecule has 0 unspecified atom stereocenters. The first kappa shape index (κ1) is 15.6. The van der Waals surface area contributed by atoms with Crippen LogP contribution in [0.1, 0.15) is 24.5 Å². The number of nitriles is 1. The fourth-order valence-electron chi connectivity index (χ4n) is 1.92.